The molecule has 1 saturated heterocycles. The number of benzene rings is 1. The van der Waals surface area contributed by atoms with Crippen LogP contribution in [0.3, 0.4) is 0 Å². The van der Waals surface area contributed by atoms with E-state index in [1.807, 2.05) is 6.07 Å². The number of rotatable bonds is 6. The molecule has 146 valence electrons. The quantitative estimate of drug-likeness (QED) is 0.192. The second kappa shape index (κ2) is 8.81. The molecule has 0 bridgehead atoms. The van der Waals surface area contributed by atoms with Crippen molar-refractivity contribution in [1.29, 1.82) is 0 Å². The normalized spacial score (nSPS) is 21.5. The lowest BCUT2D eigenvalue weighted by atomic mass is 10.2. The zero-order valence-electron chi connectivity index (χ0n) is 15.0. The molecule has 1 fully saturated rings. The summed E-state index contributed by atoms with van der Waals surface area (Å²) in [6, 6.07) is 11.3. The Hall–Kier alpha value is -2.98. The van der Waals surface area contributed by atoms with Gasteiger partial charge in [0.2, 0.25) is 6.34 Å². The molecule has 2 atom stereocenters. The number of aromatic nitrogens is 1. The van der Waals surface area contributed by atoms with Crippen LogP contribution in [0.15, 0.2) is 53.8 Å². The summed E-state index contributed by atoms with van der Waals surface area (Å²) in [4.78, 5) is 27.1. The lowest BCUT2D eigenvalue weighted by Crippen LogP contribution is -2.50. The third kappa shape index (κ3) is 4.84. The van der Waals surface area contributed by atoms with E-state index in [2.05, 4.69) is 28.1 Å². The van der Waals surface area contributed by atoms with Gasteiger partial charge in [0.25, 0.3) is 5.69 Å². The first-order chi connectivity index (χ1) is 13.5. The number of anilines is 1. The van der Waals surface area contributed by atoms with Crippen molar-refractivity contribution in [3.05, 3.63) is 64.3 Å². The predicted molar refractivity (Wildman–Crippen MR) is 107 cm³/mol. The number of hydrazone groups is 1. The number of hydrogen-bond donors (Lipinski definition) is 2. The number of hydrogen-bond acceptors (Lipinski definition) is 8. The first kappa shape index (κ1) is 19.8. The van der Waals surface area contributed by atoms with E-state index in [1.54, 1.807) is 30.5 Å². The van der Waals surface area contributed by atoms with Gasteiger partial charge in [-0.25, -0.2) is 4.98 Å². The number of nitrogens with one attached hydrogen (secondary N) is 1. The smallest absolute Gasteiger partial charge is 0.415 e. The van der Waals surface area contributed by atoms with E-state index < -0.39 is 11.0 Å². The number of pyridine rings is 1. The summed E-state index contributed by atoms with van der Waals surface area (Å²) in [6.45, 7) is 1.02. The maximum absolute atomic E-state index is 12.8. The third-order valence-corrected chi connectivity index (χ3v) is 4.82. The molecule has 0 aliphatic carbocycles. The molecule has 28 heavy (non-hydrogen) atoms. The number of nitrogens with zero attached hydrogens (tertiary/aromatic N) is 4. The van der Waals surface area contributed by atoms with Crippen molar-refractivity contribution >= 4 is 36.6 Å². The molecule has 0 radical (unpaired) electrons. The Morgan fingerprint density at radius 1 is 1.39 bits per heavy atom. The van der Waals surface area contributed by atoms with Crippen LogP contribution >= 0.6 is 12.6 Å². The van der Waals surface area contributed by atoms with Gasteiger partial charge in [0.05, 0.1) is 16.7 Å². The van der Waals surface area contributed by atoms with Crippen molar-refractivity contribution in [1.82, 2.24) is 4.98 Å². The van der Waals surface area contributed by atoms with Gasteiger partial charge in [0.1, 0.15) is 19.0 Å². The maximum atomic E-state index is 12.8. The average Bonchev–Trinajstić information content (AvgIpc) is 3.09. The molecule has 2 heterocycles. The number of quaternary nitrogens is 1. The van der Waals surface area contributed by atoms with E-state index in [0.29, 0.717) is 24.5 Å². The van der Waals surface area contributed by atoms with Crippen LogP contribution in [0.1, 0.15) is 12.0 Å². The lowest BCUT2D eigenvalue weighted by molar-refractivity contribution is -0.746. The number of nitro groups is 1. The number of carbonyl (C=O) groups is 1. The van der Waals surface area contributed by atoms with Gasteiger partial charge < -0.3 is 4.74 Å². The van der Waals surface area contributed by atoms with Gasteiger partial charge in [-0.05, 0) is 29.8 Å². The van der Waals surface area contributed by atoms with Crippen LogP contribution in [0, 0.1) is 10.1 Å². The Morgan fingerprint density at radius 3 is 2.79 bits per heavy atom. The summed E-state index contributed by atoms with van der Waals surface area (Å²) in [6.07, 6.45) is 3.47. The first-order valence-electron chi connectivity index (χ1n) is 8.65. The molecule has 1 amide bonds. The van der Waals surface area contributed by atoms with Gasteiger partial charge in [0, 0.05) is 24.8 Å². The van der Waals surface area contributed by atoms with E-state index in [4.69, 9.17) is 4.74 Å². The highest BCUT2D eigenvalue weighted by Gasteiger charge is 2.45. The Labute approximate surface area is 167 Å². The van der Waals surface area contributed by atoms with E-state index in [0.717, 1.165) is 6.42 Å². The minimum absolute atomic E-state index is 0.0104. The number of amides is 1. The highest BCUT2D eigenvalue weighted by molar-refractivity contribution is 7.81. The molecule has 1 aromatic heterocycles. The fraction of sp³-hybridized carbons (Fsp3) is 0.278. The minimum atomic E-state index is -0.474. The molecule has 1 aliphatic heterocycles. The second-order valence-corrected chi connectivity index (χ2v) is 7.16. The van der Waals surface area contributed by atoms with Crippen LogP contribution < -0.4 is 5.43 Å². The van der Waals surface area contributed by atoms with Gasteiger partial charge in [-0.3, -0.25) is 15.5 Å². The Kier molecular flexibility index (Phi) is 6.22. The van der Waals surface area contributed by atoms with Crippen LogP contribution in [0.5, 0.6) is 0 Å². The Balaban J connectivity index is 1.65. The average molecular weight is 402 g/mol. The number of non-ortho nitro benzene ring substituents is 1. The molecule has 1 aliphatic rings. The van der Waals surface area contributed by atoms with Crippen molar-refractivity contribution in [3.63, 3.8) is 0 Å². The van der Waals surface area contributed by atoms with Crippen molar-refractivity contribution in [2.45, 2.75) is 18.3 Å². The zero-order valence-corrected chi connectivity index (χ0v) is 15.9. The van der Waals surface area contributed by atoms with Crippen LogP contribution in [-0.4, -0.2) is 45.2 Å². The number of ether oxygens (including phenoxy) is 1. The molecule has 2 aromatic rings. The van der Waals surface area contributed by atoms with Crippen molar-refractivity contribution < 1.29 is 18.9 Å². The first-order valence-corrected chi connectivity index (χ1v) is 9.17. The monoisotopic (exact) mass is 402 g/mol. The third-order valence-electron chi connectivity index (χ3n) is 4.39. The second-order valence-electron chi connectivity index (χ2n) is 6.43. The van der Waals surface area contributed by atoms with E-state index in [1.165, 1.54) is 18.5 Å². The summed E-state index contributed by atoms with van der Waals surface area (Å²) in [5.41, 5.74) is 3.46. The van der Waals surface area contributed by atoms with Gasteiger partial charge in [-0.15, -0.1) is 5.10 Å². The largest absolute Gasteiger partial charge is 0.522 e. The van der Waals surface area contributed by atoms with E-state index >= 15 is 0 Å². The highest BCUT2D eigenvalue weighted by atomic mass is 32.1. The molecule has 10 heteroatoms. The maximum Gasteiger partial charge on any atom is 0.522 e. The molecule has 1 aromatic carbocycles. The fourth-order valence-corrected chi connectivity index (χ4v) is 3.28. The van der Waals surface area contributed by atoms with Crippen molar-refractivity contribution in [3.8, 4) is 0 Å². The summed E-state index contributed by atoms with van der Waals surface area (Å²) in [7, 11) is 0. The lowest BCUT2D eigenvalue weighted by Gasteiger charge is -2.24. The van der Waals surface area contributed by atoms with Crippen molar-refractivity contribution in [2.75, 3.05) is 18.5 Å². The number of likely N-dealkylation sites (tertiary alicyclic amines) is 1. The summed E-state index contributed by atoms with van der Waals surface area (Å²) >= 11 is 4.48. The topological polar surface area (TPSA) is 107 Å². The van der Waals surface area contributed by atoms with Crippen LogP contribution in [0.4, 0.5) is 16.3 Å². The molecule has 9 nitrogen and oxygen atoms in total. The van der Waals surface area contributed by atoms with Crippen LogP contribution in [-0.2, 0) is 11.3 Å². The number of thiol groups is 1. The van der Waals surface area contributed by atoms with E-state index in [-0.39, 0.29) is 22.0 Å². The summed E-state index contributed by atoms with van der Waals surface area (Å²) in [5, 5.41) is 14.9. The van der Waals surface area contributed by atoms with Gasteiger partial charge in [0.15, 0.2) is 0 Å². The Bertz CT molecular complexity index is 862. The molecule has 1 unspecified atom stereocenters. The highest BCUT2D eigenvalue weighted by Crippen LogP contribution is 2.24. The van der Waals surface area contributed by atoms with Gasteiger partial charge in [-0.1, -0.05) is 6.07 Å². The molecule has 3 rings (SSSR count). The molecular formula is C18H20N5O4S+. The Morgan fingerprint density at radius 2 is 2.18 bits per heavy atom. The molecule has 0 saturated carbocycles. The fourth-order valence-electron chi connectivity index (χ4n) is 2.88. The summed E-state index contributed by atoms with van der Waals surface area (Å²) < 4.78 is 5.38. The van der Waals surface area contributed by atoms with Crippen LogP contribution in [0.2, 0.25) is 0 Å². The van der Waals surface area contributed by atoms with Gasteiger partial charge in [-0.2, -0.15) is 21.9 Å². The molecular weight excluding hydrogens is 382 g/mol. The minimum Gasteiger partial charge on any atom is -0.415 e. The predicted octanol–water partition coefficient (Wildman–Crippen LogP) is 3.20. The SMILES string of the molecule is O=C(OCc1ccc([N+](=O)[O-])cc1)[N+]1(C=NNc2ccccn2)CC[C@H](S)C1. The zero-order chi connectivity index (χ0) is 20.0. The van der Waals surface area contributed by atoms with Gasteiger partial charge >= 0.3 is 6.09 Å². The number of carbonyl (C=O) groups excluding carboxylic acids is 1. The molecule has 1 N–H and O–H groups in total. The molecule has 0 spiro atoms. The summed E-state index contributed by atoms with van der Waals surface area (Å²) in [5.74, 6) is 0.567. The standard InChI is InChI=1S/C18H19N5O4S/c24-18(27-12-14-4-6-15(7-5-14)22(25)26)23(10-8-16(28)11-23)13-20-21-17-3-1-2-9-19-17/h1-7,9,13,16H,8,10-12H2,(H-,19,21,28)/p+1/t16-,23?/m0/s1. The van der Waals surface area contributed by atoms with Crippen molar-refractivity contribution in [2.24, 2.45) is 5.10 Å². The van der Waals surface area contributed by atoms with Crippen LogP contribution in [0.25, 0.3) is 0 Å². The number of nitro benzene ring substituents is 1. The van der Waals surface area contributed by atoms with E-state index in [9.17, 15) is 14.9 Å².